The van der Waals surface area contributed by atoms with Crippen LogP contribution in [-0.2, 0) is 5.41 Å². The van der Waals surface area contributed by atoms with Crippen molar-refractivity contribution in [3.05, 3.63) is 241 Å². The molecule has 0 aromatic heterocycles. The highest BCUT2D eigenvalue weighted by Gasteiger charge is 2.51. The molecule has 0 amide bonds. The minimum Gasteiger partial charge on any atom is -0.0619 e. The van der Waals surface area contributed by atoms with Crippen molar-refractivity contribution in [2.24, 2.45) is 0 Å². The van der Waals surface area contributed by atoms with Crippen molar-refractivity contribution in [2.75, 3.05) is 0 Å². The van der Waals surface area contributed by atoms with Crippen molar-refractivity contribution in [3.63, 3.8) is 0 Å². The zero-order chi connectivity index (χ0) is 38.7. The highest BCUT2D eigenvalue weighted by molar-refractivity contribution is 6.23. The van der Waals surface area contributed by atoms with Crippen LogP contribution in [-0.4, -0.2) is 0 Å². The average molecular weight is 745 g/mol. The van der Waals surface area contributed by atoms with Crippen molar-refractivity contribution < 1.29 is 0 Å². The maximum atomic E-state index is 2.44. The van der Waals surface area contributed by atoms with Gasteiger partial charge in [-0.25, -0.2) is 0 Å². The van der Waals surface area contributed by atoms with E-state index in [2.05, 4.69) is 218 Å². The van der Waals surface area contributed by atoms with E-state index in [9.17, 15) is 0 Å². The summed E-state index contributed by atoms with van der Waals surface area (Å²) in [7, 11) is 0. The van der Waals surface area contributed by atoms with Gasteiger partial charge in [-0.2, -0.15) is 0 Å². The first-order valence-corrected chi connectivity index (χ1v) is 20.7. The molecule has 0 atom stereocenters. The molecule has 59 heavy (non-hydrogen) atoms. The molecule has 11 aromatic carbocycles. The molecule has 0 saturated carbocycles. The molecule has 0 fully saturated rings. The largest absolute Gasteiger partial charge is 0.0725 e. The lowest BCUT2D eigenvalue weighted by molar-refractivity contribution is 0.794. The summed E-state index contributed by atoms with van der Waals surface area (Å²) in [4.78, 5) is 0. The van der Waals surface area contributed by atoms with Crippen molar-refractivity contribution >= 4 is 43.1 Å². The van der Waals surface area contributed by atoms with E-state index in [4.69, 9.17) is 0 Å². The van der Waals surface area contributed by atoms with Crippen molar-refractivity contribution in [1.82, 2.24) is 0 Å². The van der Waals surface area contributed by atoms with Gasteiger partial charge in [0.1, 0.15) is 0 Å². The Morgan fingerprint density at radius 1 is 0.220 bits per heavy atom. The van der Waals surface area contributed by atoms with Crippen LogP contribution >= 0.6 is 0 Å². The molecule has 0 heterocycles. The van der Waals surface area contributed by atoms with Gasteiger partial charge in [-0.15, -0.1) is 0 Å². The molecular formula is C59H36. The standard InChI is InChI=1S/C59H36/c1-2-15-46-37(12-1)24-29-45-36-52(47-16-3-4-20-51(47)58(45)46)44-28-27-41-33-40(25-26-42(41)34-44)38-13-11-14-39(32-38)43-30-31-57-53(35-43)50-19-7-10-23-56(50)59(57)54-21-8-5-17-48(54)49-18-6-9-22-55(49)59/h1-36H. The van der Waals surface area contributed by atoms with Crippen LogP contribution in [0.5, 0.6) is 0 Å². The van der Waals surface area contributed by atoms with Gasteiger partial charge in [0, 0.05) is 0 Å². The summed E-state index contributed by atoms with van der Waals surface area (Å²) in [5, 5.41) is 10.2. The fourth-order valence-corrected chi connectivity index (χ4v) is 10.9. The lowest BCUT2D eigenvalue weighted by Crippen LogP contribution is -2.25. The van der Waals surface area contributed by atoms with E-state index >= 15 is 0 Å². The summed E-state index contributed by atoms with van der Waals surface area (Å²) >= 11 is 0. The zero-order valence-corrected chi connectivity index (χ0v) is 32.3. The van der Waals surface area contributed by atoms with Gasteiger partial charge < -0.3 is 0 Å². The van der Waals surface area contributed by atoms with Gasteiger partial charge >= 0.3 is 0 Å². The Morgan fingerprint density at radius 2 is 0.695 bits per heavy atom. The molecule has 272 valence electrons. The van der Waals surface area contributed by atoms with Crippen LogP contribution in [0.25, 0.3) is 98.7 Å². The molecule has 13 rings (SSSR count). The van der Waals surface area contributed by atoms with Crippen LogP contribution in [0.4, 0.5) is 0 Å². The van der Waals surface area contributed by atoms with Crippen LogP contribution in [0.15, 0.2) is 218 Å². The Morgan fingerprint density at radius 3 is 1.41 bits per heavy atom. The first kappa shape index (κ1) is 32.5. The van der Waals surface area contributed by atoms with Gasteiger partial charge in [-0.3, -0.25) is 0 Å². The summed E-state index contributed by atoms with van der Waals surface area (Å²) < 4.78 is 0. The van der Waals surface area contributed by atoms with Crippen LogP contribution in [0.1, 0.15) is 22.3 Å². The second-order valence-corrected chi connectivity index (χ2v) is 16.4. The molecule has 2 aliphatic rings. The normalized spacial score (nSPS) is 13.2. The lowest BCUT2D eigenvalue weighted by atomic mass is 9.70. The fraction of sp³-hybridized carbons (Fsp3) is 0.0169. The Kier molecular flexibility index (Phi) is 6.74. The maximum absolute atomic E-state index is 2.44. The molecule has 1 spiro atoms. The zero-order valence-electron chi connectivity index (χ0n) is 32.3. The van der Waals surface area contributed by atoms with Crippen LogP contribution < -0.4 is 0 Å². The first-order valence-electron chi connectivity index (χ1n) is 20.7. The Hall–Kier alpha value is -7.54. The summed E-state index contributed by atoms with van der Waals surface area (Å²) in [6, 6.07) is 81.8. The van der Waals surface area contributed by atoms with Crippen LogP contribution in [0, 0.1) is 0 Å². The molecule has 0 nitrogen and oxygen atoms in total. The molecule has 0 N–H and O–H groups in total. The van der Waals surface area contributed by atoms with Crippen LogP contribution in [0.2, 0.25) is 0 Å². The summed E-state index contributed by atoms with van der Waals surface area (Å²) in [6.45, 7) is 0. The maximum Gasteiger partial charge on any atom is 0.0725 e. The van der Waals surface area contributed by atoms with E-state index in [1.807, 2.05) is 0 Å². The van der Waals surface area contributed by atoms with Gasteiger partial charge in [0.25, 0.3) is 0 Å². The third-order valence-corrected chi connectivity index (χ3v) is 13.4. The molecule has 2 aliphatic carbocycles. The summed E-state index contributed by atoms with van der Waals surface area (Å²) in [5.74, 6) is 0. The Balaban J connectivity index is 0.889. The van der Waals surface area contributed by atoms with Crippen LogP contribution in [0.3, 0.4) is 0 Å². The van der Waals surface area contributed by atoms with Crippen molar-refractivity contribution in [2.45, 2.75) is 5.41 Å². The smallest absolute Gasteiger partial charge is 0.0619 e. The highest BCUT2D eigenvalue weighted by atomic mass is 14.5. The molecule has 0 saturated heterocycles. The molecular weight excluding hydrogens is 709 g/mol. The second-order valence-electron chi connectivity index (χ2n) is 16.4. The fourth-order valence-electron chi connectivity index (χ4n) is 10.9. The predicted octanol–water partition coefficient (Wildman–Crippen LogP) is 15.6. The van der Waals surface area contributed by atoms with Crippen molar-refractivity contribution in [1.29, 1.82) is 0 Å². The monoisotopic (exact) mass is 744 g/mol. The number of fused-ring (bicyclic) bond motifs is 16. The average Bonchev–Trinajstić information content (AvgIpc) is 3.78. The van der Waals surface area contributed by atoms with E-state index in [0.29, 0.717) is 0 Å². The number of benzene rings is 11. The van der Waals surface area contributed by atoms with Gasteiger partial charge in [0.2, 0.25) is 0 Å². The van der Waals surface area contributed by atoms with Gasteiger partial charge in [0.15, 0.2) is 0 Å². The summed E-state index contributed by atoms with van der Waals surface area (Å²) in [6.07, 6.45) is 0. The quantitative estimate of drug-likeness (QED) is 0.158. The molecule has 0 bridgehead atoms. The van der Waals surface area contributed by atoms with Gasteiger partial charge in [-0.1, -0.05) is 188 Å². The van der Waals surface area contributed by atoms with E-state index in [1.165, 1.54) is 121 Å². The molecule has 0 heteroatoms. The molecule has 11 aromatic rings. The SMILES string of the molecule is c1cc(-c2ccc3c(c2)-c2ccccc2C32c3ccccc3-c3ccccc32)cc(-c2ccc3cc(-c4cc5ccc6ccccc6c5c5ccccc45)ccc3c2)c1. The molecule has 0 aliphatic heterocycles. The Bertz CT molecular complexity index is 3520. The predicted molar refractivity (Wildman–Crippen MR) is 249 cm³/mol. The van der Waals surface area contributed by atoms with E-state index in [0.717, 1.165) is 0 Å². The number of rotatable bonds is 3. The highest BCUT2D eigenvalue weighted by Crippen LogP contribution is 2.63. The minimum atomic E-state index is -0.319. The minimum absolute atomic E-state index is 0.319. The number of hydrogen-bond donors (Lipinski definition) is 0. The molecule has 0 unspecified atom stereocenters. The van der Waals surface area contributed by atoms with E-state index in [-0.39, 0.29) is 5.41 Å². The summed E-state index contributed by atoms with van der Waals surface area (Å²) in [5.41, 5.74) is 17.9. The second kappa shape index (κ2) is 12.2. The number of hydrogen-bond acceptors (Lipinski definition) is 0. The third-order valence-electron chi connectivity index (χ3n) is 13.4. The van der Waals surface area contributed by atoms with Gasteiger partial charge in [0.05, 0.1) is 5.41 Å². The van der Waals surface area contributed by atoms with E-state index in [1.54, 1.807) is 0 Å². The Labute approximate surface area is 343 Å². The molecule has 0 radical (unpaired) electrons. The van der Waals surface area contributed by atoms with E-state index < -0.39 is 0 Å². The first-order chi connectivity index (χ1) is 29.2. The van der Waals surface area contributed by atoms with Crippen molar-refractivity contribution in [3.8, 4) is 55.6 Å². The lowest BCUT2D eigenvalue weighted by Gasteiger charge is -2.30. The third kappa shape index (κ3) is 4.55. The van der Waals surface area contributed by atoms with Gasteiger partial charge in [-0.05, 0) is 151 Å². The topological polar surface area (TPSA) is 0 Å².